The third kappa shape index (κ3) is 3.51. The molecule has 2 N–H and O–H groups in total. The molecule has 3 aromatic rings. The maximum Gasteiger partial charge on any atom is 0.269 e. The van der Waals surface area contributed by atoms with Crippen molar-refractivity contribution in [3.8, 4) is 11.5 Å². The molecule has 0 saturated heterocycles. The predicted molar refractivity (Wildman–Crippen MR) is 99.7 cm³/mol. The largest absolute Gasteiger partial charge is 0.497 e. The van der Waals surface area contributed by atoms with Crippen molar-refractivity contribution < 1.29 is 14.3 Å². The van der Waals surface area contributed by atoms with Gasteiger partial charge in [-0.3, -0.25) is 15.6 Å². The van der Waals surface area contributed by atoms with Crippen LogP contribution >= 0.6 is 11.3 Å². The number of ether oxygens (including phenoxy) is 2. The van der Waals surface area contributed by atoms with Gasteiger partial charge in [0.2, 0.25) is 5.13 Å². The summed E-state index contributed by atoms with van der Waals surface area (Å²) in [7, 11) is 3.08. The first-order valence-electron chi connectivity index (χ1n) is 7.68. The van der Waals surface area contributed by atoms with E-state index < -0.39 is 0 Å². The van der Waals surface area contributed by atoms with E-state index in [0.717, 1.165) is 15.8 Å². The molecule has 3 rings (SSSR count). The van der Waals surface area contributed by atoms with Crippen LogP contribution in [0.5, 0.6) is 11.5 Å². The first-order valence-corrected chi connectivity index (χ1v) is 8.49. The van der Waals surface area contributed by atoms with E-state index in [2.05, 4.69) is 28.8 Å². The second-order valence-electron chi connectivity index (χ2n) is 5.55. The van der Waals surface area contributed by atoms with Gasteiger partial charge in [-0.05, 0) is 43.2 Å². The van der Waals surface area contributed by atoms with Gasteiger partial charge in [0.1, 0.15) is 11.5 Å². The smallest absolute Gasteiger partial charge is 0.269 e. The number of amides is 1. The van der Waals surface area contributed by atoms with Crippen LogP contribution < -0.4 is 20.3 Å². The molecule has 6 nitrogen and oxygen atoms in total. The van der Waals surface area contributed by atoms with Gasteiger partial charge in [-0.15, -0.1) is 0 Å². The van der Waals surface area contributed by atoms with E-state index in [1.807, 2.05) is 13.0 Å². The van der Waals surface area contributed by atoms with Crippen LogP contribution in [0.1, 0.15) is 21.5 Å². The Labute approximate surface area is 149 Å². The SMILES string of the molecule is COc1cc(OC)cc(C(=O)NNc2nc3c(C)c(C)ccc3s2)c1. The summed E-state index contributed by atoms with van der Waals surface area (Å²) < 4.78 is 11.4. The van der Waals surface area contributed by atoms with E-state index in [0.29, 0.717) is 22.2 Å². The predicted octanol–water partition coefficient (Wildman–Crippen LogP) is 3.69. The standard InChI is InChI=1S/C18H19N3O3S/c1-10-5-6-15-16(11(10)2)19-18(25-15)21-20-17(22)12-7-13(23-3)9-14(8-12)24-4/h5-9H,1-4H3,(H,19,21)(H,20,22). The average molecular weight is 357 g/mol. The molecule has 0 unspecified atom stereocenters. The lowest BCUT2D eigenvalue weighted by atomic mass is 10.1. The highest BCUT2D eigenvalue weighted by Gasteiger charge is 2.12. The normalized spacial score (nSPS) is 10.6. The van der Waals surface area contributed by atoms with Crippen molar-refractivity contribution in [3.05, 3.63) is 47.0 Å². The highest BCUT2D eigenvalue weighted by molar-refractivity contribution is 7.22. The summed E-state index contributed by atoms with van der Waals surface area (Å²) in [6.45, 7) is 4.10. The van der Waals surface area contributed by atoms with Crippen LogP contribution in [0.2, 0.25) is 0 Å². The number of nitrogens with zero attached hydrogens (tertiary/aromatic N) is 1. The number of aromatic nitrogens is 1. The second-order valence-corrected chi connectivity index (χ2v) is 6.58. The molecule has 1 heterocycles. The summed E-state index contributed by atoms with van der Waals surface area (Å²) >= 11 is 1.49. The molecular weight excluding hydrogens is 338 g/mol. The number of thiazole rings is 1. The highest BCUT2D eigenvalue weighted by atomic mass is 32.1. The van der Waals surface area contributed by atoms with Crippen LogP contribution in [0.25, 0.3) is 10.2 Å². The van der Waals surface area contributed by atoms with Crippen molar-refractivity contribution in [3.63, 3.8) is 0 Å². The zero-order valence-electron chi connectivity index (χ0n) is 14.5. The highest BCUT2D eigenvalue weighted by Crippen LogP contribution is 2.29. The number of hydrogen-bond acceptors (Lipinski definition) is 6. The molecule has 0 bridgehead atoms. The molecule has 1 amide bonds. The number of carbonyl (C=O) groups excluding carboxylic acids is 1. The molecule has 0 aliphatic carbocycles. The van der Waals surface area contributed by atoms with Crippen LogP contribution in [0.4, 0.5) is 5.13 Å². The van der Waals surface area contributed by atoms with Gasteiger partial charge in [0.05, 0.1) is 24.4 Å². The summed E-state index contributed by atoms with van der Waals surface area (Å²) in [5.41, 5.74) is 9.25. The minimum Gasteiger partial charge on any atom is -0.497 e. The molecule has 130 valence electrons. The Bertz CT molecular complexity index is 914. The van der Waals surface area contributed by atoms with Gasteiger partial charge < -0.3 is 9.47 Å². The Hall–Kier alpha value is -2.80. The molecule has 0 saturated carbocycles. The Morgan fingerprint density at radius 1 is 1.08 bits per heavy atom. The zero-order chi connectivity index (χ0) is 18.0. The molecule has 0 atom stereocenters. The average Bonchev–Trinajstić information content (AvgIpc) is 3.06. The second kappa shape index (κ2) is 6.98. The quantitative estimate of drug-likeness (QED) is 0.682. The maximum atomic E-state index is 12.4. The molecule has 0 aliphatic rings. The molecule has 0 aliphatic heterocycles. The molecule has 7 heteroatoms. The van der Waals surface area contributed by atoms with Crippen molar-refractivity contribution >= 4 is 32.6 Å². The number of benzene rings is 2. The lowest BCUT2D eigenvalue weighted by Crippen LogP contribution is -2.29. The van der Waals surface area contributed by atoms with Gasteiger partial charge in [0.25, 0.3) is 5.91 Å². The summed E-state index contributed by atoms with van der Waals surface area (Å²) in [6.07, 6.45) is 0. The maximum absolute atomic E-state index is 12.4. The lowest BCUT2D eigenvalue weighted by Gasteiger charge is -2.09. The third-order valence-electron chi connectivity index (χ3n) is 3.98. The van der Waals surface area contributed by atoms with Gasteiger partial charge >= 0.3 is 0 Å². The molecule has 0 radical (unpaired) electrons. The molecule has 2 aromatic carbocycles. The number of anilines is 1. The Balaban J connectivity index is 1.77. The van der Waals surface area contributed by atoms with Gasteiger partial charge in [0.15, 0.2) is 0 Å². The van der Waals surface area contributed by atoms with E-state index >= 15 is 0 Å². The first-order chi connectivity index (χ1) is 12.0. The first kappa shape index (κ1) is 17.0. The third-order valence-corrected chi connectivity index (χ3v) is 4.92. The van der Waals surface area contributed by atoms with Crippen LogP contribution in [0, 0.1) is 13.8 Å². The van der Waals surface area contributed by atoms with Gasteiger partial charge in [0, 0.05) is 11.6 Å². The summed E-state index contributed by atoms with van der Waals surface area (Å²) in [6, 6.07) is 9.11. The number of hydrazine groups is 1. The van der Waals surface area contributed by atoms with Crippen molar-refractivity contribution in [1.29, 1.82) is 0 Å². The topological polar surface area (TPSA) is 72.5 Å². The van der Waals surface area contributed by atoms with Crippen LogP contribution in [-0.2, 0) is 0 Å². The van der Waals surface area contributed by atoms with Crippen molar-refractivity contribution in [2.45, 2.75) is 13.8 Å². The number of carbonyl (C=O) groups is 1. The number of methoxy groups -OCH3 is 2. The molecule has 1 aromatic heterocycles. The Morgan fingerprint density at radius 2 is 1.76 bits per heavy atom. The number of fused-ring (bicyclic) bond motifs is 1. The van der Waals surface area contributed by atoms with Gasteiger partial charge in [-0.2, -0.15) is 0 Å². The summed E-state index contributed by atoms with van der Waals surface area (Å²) in [4.78, 5) is 16.9. The minimum atomic E-state index is -0.302. The monoisotopic (exact) mass is 357 g/mol. The fourth-order valence-electron chi connectivity index (χ4n) is 2.40. The number of aryl methyl sites for hydroxylation is 2. The van der Waals surface area contributed by atoms with E-state index in [4.69, 9.17) is 9.47 Å². The van der Waals surface area contributed by atoms with Crippen molar-refractivity contribution in [2.24, 2.45) is 0 Å². The zero-order valence-corrected chi connectivity index (χ0v) is 15.3. The summed E-state index contributed by atoms with van der Waals surface area (Å²) in [5.74, 6) is 0.801. The van der Waals surface area contributed by atoms with E-state index in [1.165, 1.54) is 16.9 Å². The van der Waals surface area contributed by atoms with Gasteiger partial charge in [-0.25, -0.2) is 4.98 Å². The fraction of sp³-hybridized carbons (Fsp3) is 0.222. The molecule has 25 heavy (non-hydrogen) atoms. The summed E-state index contributed by atoms with van der Waals surface area (Å²) in [5, 5.41) is 0.631. The van der Waals surface area contributed by atoms with E-state index in [9.17, 15) is 4.79 Å². The van der Waals surface area contributed by atoms with E-state index in [-0.39, 0.29) is 5.91 Å². The lowest BCUT2D eigenvalue weighted by molar-refractivity contribution is 0.0962. The molecular formula is C18H19N3O3S. The van der Waals surface area contributed by atoms with Crippen molar-refractivity contribution in [2.75, 3.05) is 19.6 Å². The van der Waals surface area contributed by atoms with Crippen LogP contribution in [0.15, 0.2) is 30.3 Å². The van der Waals surface area contributed by atoms with Crippen LogP contribution in [-0.4, -0.2) is 25.1 Å². The Morgan fingerprint density at radius 3 is 2.40 bits per heavy atom. The number of nitrogens with one attached hydrogen (secondary N) is 2. The van der Waals surface area contributed by atoms with Crippen LogP contribution in [0.3, 0.4) is 0 Å². The number of hydrogen-bond donors (Lipinski definition) is 2. The minimum absolute atomic E-state index is 0.302. The fourth-order valence-corrected chi connectivity index (χ4v) is 3.28. The molecule has 0 fully saturated rings. The van der Waals surface area contributed by atoms with E-state index in [1.54, 1.807) is 32.4 Å². The van der Waals surface area contributed by atoms with Gasteiger partial charge in [-0.1, -0.05) is 17.4 Å². The molecule has 0 spiro atoms. The number of rotatable bonds is 5. The van der Waals surface area contributed by atoms with Crippen molar-refractivity contribution in [1.82, 2.24) is 10.4 Å². The Kier molecular flexibility index (Phi) is 4.76.